The van der Waals surface area contributed by atoms with Crippen molar-refractivity contribution in [2.24, 2.45) is 0 Å². The van der Waals surface area contributed by atoms with Crippen LogP contribution in [-0.2, 0) is 0 Å². The van der Waals surface area contributed by atoms with Crippen molar-refractivity contribution in [3.63, 3.8) is 0 Å². The van der Waals surface area contributed by atoms with Crippen LogP contribution in [0, 0.1) is 26.6 Å². The van der Waals surface area contributed by atoms with Crippen molar-refractivity contribution in [2.75, 3.05) is 5.43 Å². The van der Waals surface area contributed by atoms with E-state index in [0.717, 1.165) is 11.3 Å². The number of carbonyl (C=O) groups excluding carboxylic acids is 1. The summed E-state index contributed by atoms with van der Waals surface area (Å²) in [4.78, 5) is 25.3. The number of aromatic nitrogens is 4. The molecule has 0 aliphatic heterocycles. The van der Waals surface area contributed by atoms with E-state index >= 15 is 0 Å². The van der Waals surface area contributed by atoms with Gasteiger partial charge in [-0.2, -0.15) is 0 Å². The lowest BCUT2D eigenvalue weighted by Crippen LogP contribution is -2.25. The van der Waals surface area contributed by atoms with Gasteiger partial charge in [0.2, 0.25) is 0 Å². The second-order valence-electron chi connectivity index (χ2n) is 6.28. The molecule has 7 nitrogen and oxygen atoms in total. The van der Waals surface area contributed by atoms with Gasteiger partial charge in [-0.15, -0.1) is 11.3 Å². The zero-order chi connectivity index (χ0) is 19.8. The summed E-state index contributed by atoms with van der Waals surface area (Å²) in [5.74, 6) is 0.394. The van der Waals surface area contributed by atoms with Gasteiger partial charge in [0, 0.05) is 22.7 Å². The summed E-state index contributed by atoms with van der Waals surface area (Å²) in [5.41, 5.74) is 5.53. The Bertz CT molecular complexity index is 1200. The number of halogens is 1. The first-order valence-electron chi connectivity index (χ1n) is 8.43. The van der Waals surface area contributed by atoms with Crippen molar-refractivity contribution in [1.82, 2.24) is 19.6 Å². The Hall–Kier alpha value is -3.33. The normalized spacial score (nSPS) is 11.0. The summed E-state index contributed by atoms with van der Waals surface area (Å²) in [6, 6.07) is 4.35. The highest BCUT2D eigenvalue weighted by Crippen LogP contribution is 2.24. The standard InChI is InChI=1S/C19H16FN5O2S/c1-10-8-25(15-5-4-13(20)6-14(10)15)24-19(26)27-16-7-21-17(23-12(16)3)18-22-11(2)9-28-18/h4-9H,1-3H3,(H,24,26). The van der Waals surface area contributed by atoms with Gasteiger partial charge in [-0.25, -0.2) is 29.6 Å². The van der Waals surface area contributed by atoms with Gasteiger partial charge in [0.15, 0.2) is 16.6 Å². The lowest BCUT2D eigenvalue weighted by Gasteiger charge is -2.10. The van der Waals surface area contributed by atoms with E-state index in [1.165, 1.54) is 34.3 Å². The third-order valence-corrected chi connectivity index (χ3v) is 5.08. The van der Waals surface area contributed by atoms with E-state index in [1.54, 1.807) is 19.2 Å². The van der Waals surface area contributed by atoms with Crippen LogP contribution in [0.15, 0.2) is 36.0 Å². The average Bonchev–Trinajstić information content (AvgIpc) is 3.21. The summed E-state index contributed by atoms with van der Waals surface area (Å²) in [5, 5.41) is 3.34. The molecule has 0 fully saturated rings. The van der Waals surface area contributed by atoms with E-state index < -0.39 is 6.09 Å². The van der Waals surface area contributed by atoms with Gasteiger partial charge < -0.3 is 4.74 Å². The van der Waals surface area contributed by atoms with Crippen LogP contribution in [0.5, 0.6) is 5.75 Å². The number of hydrogen-bond donors (Lipinski definition) is 1. The number of hydrogen-bond acceptors (Lipinski definition) is 6. The van der Waals surface area contributed by atoms with Crippen molar-refractivity contribution in [2.45, 2.75) is 20.8 Å². The molecule has 4 aromatic rings. The highest BCUT2D eigenvalue weighted by atomic mass is 32.1. The van der Waals surface area contributed by atoms with Gasteiger partial charge in [0.1, 0.15) is 5.82 Å². The van der Waals surface area contributed by atoms with Crippen LogP contribution in [0.3, 0.4) is 0 Å². The molecule has 1 N–H and O–H groups in total. The first-order valence-corrected chi connectivity index (χ1v) is 9.31. The highest BCUT2D eigenvalue weighted by molar-refractivity contribution is 7.13. The molecule has 0 saturated heterocycles. The number of benzene rings is 1. The van der Waals surface area contributed by atoms with Gasteiger partial charge in [-0.1, -0.05) is 0 Å². The Morgan fingerprint density at radius 3 is 2.79 bits per heavy atom. The second-order valence-corrected chi connectivity index (χ2v) is 7.14. The average molecular weight is 397 g/mol. The van der Waals surface area contributed by atoms with Crippen LogP contribution in [0.4, 0.5) is 9.18 Å². The first-order chi connectivity index (χ1) is 13.4. The van der Waals surface area contributed by atoms with Crippen LogP contribution in [0.2, 0.25) is 0 Å². The third-order valence-electron chi connectivity index (χ3n) is 4.12. The van der Waals surface area contributed by atoms with E-state index in [9.17, 15) is 9.18 Å². The first kappa shape index (κ1) is 18.1. The maximum Gasteiger partial charge on any atom is 0.432 e. The molecule has 142 valence electrons. The molecular weight excluding hydrogens is 381 g/mol. The minimum absolute atomic E-state index is 0.244. The minimum atomic E-state index is -0.703. The topological polar surface area (TPSA) is 81.9 Å². The van der Waals surface area contributed by atoms with Crippen LogP contribution >= 0.6 is 11.3 Å². The molecule has 0 aliphatic rings. The van der Waals surface area contributed by atoms with Crippen LogP contribution in [-0.4, -0.2) is 25.7 Å². The Morgan fingerprint density at radius 1 is 1.25 bits per heavy atom. The molecule has 0 saturated carbocycles. The number of carbonyl (C=O) groups is 1. The number of aryl methyl sites for hydroxylation is 3. The van der Waals surface area contributed by atoms with Gasteiger partial charge >= 0.3 is 6.09 Å². The Morgan fingerprint density at radius 2 is 2.07 bits per heavy atom. The Labute approximate surface area is 163 Å². The van der Waals surface area contributed by atoms with Crippen molar-refractivity contribution in [3.8, 4) is 16.6 Å². The molecule has 0 unspecified atom stereocenters. The second kappa shape index (κ2) is 7.01. The molecule has 0 radical (unpaired) electrons. The maximum absolute atomic E-state index is 13.4. The van der Waals surface area contributed by atoms with Gasteiger partial charge in [-0.3, -0.25) is 4.68 Å². The van der Waals surface area contributed by atoms with E-state index in [4.69, 9.17) is 4.74 Å². The molecule has 3 aromatic heterocycles. The lowest BCUT2D eigenvalue weighted by molar-refractivity contribution is 0.211. The summed E-state index contributed by atoms with van der Waals surface area (Å²) in [6.07, 6.45) is 2.44. The summed E-state index contributed by atoms with van der Waals surface area (Å²) in [7, 11) is 0. The predicted molar refractivity (Wildman–Crippen MR) is 105 cm³/mol. The molecule has 0 aliphatic carbocycles. The largest absolute Gasteiger partial charge is 0.432 e. The van der Waals surface area contributed by atoms with Crippen molar-refractivity contribution in [1.29, 1.82) is 0 Å². The van der Waals surface area contributed by atoms with E-state index in [0.29, 0.717) is 27.4 Å². The number of rotatable bonds is 3. The van der Waals surface area contributed by atoms with Gasteiger partial charge in [-0.05, 0) is 44.5 Å². The molecular formula is C19H16FN5O2S. The number of ether oxygens (including phenoxy) is 1. The number of thiazole rings is 1. The number of nitrogens with zero attached hydrogens (tertiary/aromatic N) is 4. The highest BCUT2D eigenvalue weighted by Gasteiger charge is 2.14. The predicted octanol–water partition coefficient (Wildman–Crippen LogP) is 4.36. The van der Waals surface area contributed by atoms with Crippen LogP contribution in [0.25, 0.3) is 21.7 Å². The van der Waals surface area contributed by atoms with E-state index in [2.05, 4.69) is 20.4 Å². The number of nitrogens with one attached hydrogen (secondary N) is 1. The smallest absolute Gasteiger partial charge is 0.406 e. The van der Waals surface area contributed by atoms with Crippen molar-refractivity contribution >= 4 is 28.3 Å². The number of amides is 1. The van der Waals surface area contributed by atoms with Gasteiger partial charge in [0.25, 0.3) is 0 Å². The van der Waals surface area contributed by atoms with E-state index in [-0.39, 0.29) is 11.6 Å². The molecule has 9 heteroatoms. The SMILES string of the molecule is Cc1csc(-c2ncc(OC(=O)Nn3cc(C)c4cc(F)ccc43)c(C)n2)n1. The summed E-state index contributed by atoms with van der Waals surface area (Å²) >= 11 is 1.45. The van der Waals surface area contributed by atoms with Crippen LogP contribution in [0.1, 0.15) is 17.0 Å². The molecule has 4 rings (SSSR count). The molecule has 0 bridgehead atoms. The zero-order valence-corrected chi connectivity index (χ0v) is 16.2. The van der Waals surface area contributed by atoms with Crippen LogP contribution < -0.4 is 10.2 Å². The molecule has 28 heavy (non-hydrogen) atoms. The minimum Gasteiger partial charge on any atom is -0.406 e. The fourth-order valence-corrected chi connectivity index (χ4v) is 3.53. The molecule has 3 heterocycles. The molecule has 0 atom stereocenters. The molecule has 1 aromatic carbocycles. The zero-order valence-electron chi connectivity index (χ0n) is 15.4. The molecule has 0 spiro atoms. The monoisotopic (exact) mass is 397 g/mol. The Balaban J connectivity index is 1.53. The fourth-order valence-electron chi connectivity index (χ4n) is 2.80. The van der Waals surface area contributed by atoms with E-state index in [1.807, 2.05) is 19.2 Å². The lowest BCUT2D eigenvalue weighted by atomic mass is 10.2. The third kappa shape index (κ3) is 3.44. The number of fused-ring (bicyclic) bond motifs is 1. The summed E-state index contributed by atoms with van der Waals surface area (Å²) in [6.45, 7) is 5.46. The van der Waals surface area contributed by atoms with Crippen molar-refractivity contribution < 1.29 is 13.9 Å². The van der Waals surface area contributed by atoms with Crippen molar-refractivity contribution in [3.05, 3.63) is 58.7 Å². The quantitative estimate of drug-likeness (QED) is 0.555. The van der Waals surface area contributed by atoms with Gasteiger partial charge in [0.05, 0.1) is 17.4 Å². The Kier molecular flexibility index (Phi) is 4.52. The maximum atomic E-state index is 13.4. The summed E-state index contributed by atoms with van der Waals surface area (Å²) < 4.78 is 20.3. The fraction of sp³-hybridized carbons (Fsp3) is 0.158. The molecule has 1 amide bonds.